The second kappa shape index (κ2) is 2.84. The maximum Gasteiger partial charge on any atom is 0.197 e. The largest absolute Gasteiger partial charge is 0.397 e. The number of fused-ring (bicyclic) bond motifs is 3. The third-order valence-corrected chi connectivity index (χ3v) is 3.69. The van der Waals surface area contributed by atoms with E-state index >= 15 is 0 Å². The van der Waals surface area contributed by atoms with E-state index in [9.17, 15) is 4.79 Å². The van der Waals surface area contributed by atoms with E-state index in [0.717, 1.165) is 16.7 Å². The minimum absolute atomic E-state index is 0.0127. The predicted molar refractivity (Wildman–Crippen MR) is 62.6 cm³/mol. The number of anilines is 1. The van der Waals surface area contributed by atoms with E-state index in [1.807, 2.05) is 16.8 Å². The normalized spacial score (nSPS) is 12.7. The lowest BCUT2D eigenvalue weighted by Gasteiger charge is -2.04. The molecule has 2 nitrogen and oxygen atoms in total. The molecule has 15 heavy (non-hydrogen) atoms. The summed E-state index contributed by atoms with van der Waals surface area (Å²) >= 11 is 7.42. The van der Waals surface area contributed by atoms with Crippen LogP contribution in [0.2, 0.25) is 5.02 Å². The van der Waals surface area contributed by atoms with Gasteiger partial charge in [0.05, 0.1) is 16.3 Å². The molecule has 0 fully saturated rings. The average molecular weight is 236 g/mol. The zero-order valence-corrected chi connectivity index (χ0v) is 9.15. The first-order valence-electron chi connectivity index (χ1n) is 4.39. The Morgan fingerprint density at radius 2 is 1.87 bits per heavy atom. The summed E-state index contributed by atoms with van der Waals surface area (Å²) in [7, 11) is 0. The Hall–Kier alpha value is -1.32. The molecule has 0 radical (unpaired) electrons. The molecule has 0 bridgehead atoms. The molecule has 0 aliphatic heterocycles. The minimum Gasteiger partial charge on any atom is -0.397 e. The number of hydrogen-bond acceptors (Lipinski definition) is 3. The first kappa shape index (κ1) is 8.95. The van der Waals surface area contributed by atoms with E-state index < -0.39 is 0 Å². The fourth-order valence-electron chi connectivity index (χ4n) is 1.88. The van der Waals surface area contributed by atoms with Crippen molar-refractivity contribution in [2.75, 3.05) is 5.73 Å². The number of carbonyl (C=O) groups is 1. The van der Waals surface area contributed by atoms with Crippen LogP contribution in [0.25, 0.3) is 11.1 Å². The summed E-state index contributed by atoms with van der Waals surface area (Å²) in [6.07, 6.45) is 0. The fraction of sp³-hybridized carbons (Fsp3) is 0. The Morgan fingerprint density at radius 1 is 1.13 bits per heavy atom. The van der Waals surface area contributed by atoms with Gasteiger partial charge in [-0.2, -0.15) is 11.3 Å². The number of thiophene rings is 1. The molecule has 3 rings (SSSR count). The summed E-state index contributed by atoms with van der Waals surface area (Å²) in [4.78, 5) is 12.0. The van der Waals surface area contributed by atoms with Crippen molar-refractivity contribution >= 4 is 34.4 Å². The lowest BCUT2D eigenvalue weighted by Crippen LogP contribution is -2.00. The van der Waals surface area contributed by atoms with Crippen molar-refractivity contribution in [3.63, 3.8) is 0 Å². The van der Waals surface area contributed by atoms with Gasteiger partial charge >= 0.3 is 0 Å². The molecule has 0 unspecified atom stereocenters. The van der Waals surface area contributed by atoms with E-state index in [0.29, 0.717) is 16.3 Å². The van der Waals surface area contributed by atoms with Gasteiger partial charge in [-0.05, 0) is 17.0 Å². The SMILES string of the molecule is Nc1c(Cl)ccc2c1C(=O)c1cscc1-2. The molecule has 74 valence electrons. The number of hydrogen-bond donors (Lipinski definition) is 1. The van der Waals surface area contributed by atoms with Gasteiger partial charge in [-0.3, -0.25) is 4.79 Å². The van der Waals surface area contributed by atoms with Crippen LogP contribution in [-0.2, 0) is 0 Å². The van der Waals surface area contributed by atoms with Gasteiger partial charge in [0.25, 0.3) is 0 Å². The van der Waals surface area contributed by atoms with Crippen LogP contribution in [0.5, 0.6) is 0 Å². The number of halogens is 1. The van der Waals surface area contributed by atoms with Gasteiger partial charge in [-0.15, -0.1) is 0 Å². The highest BCUT2D eigenvalue weighted by atomic mass is 35.5. The summed E-state index contributed by atoms with van der Waals surface area (Å²) in [5.41, 5.74) is 9.37. The Morgan fingerprint density at radius 3 is 2.67 bits per heavy atom. The van der Waals surface area contributed by atoms with Crippen LogP contribution in [0.1, 0.15) is 15.9 Å². The second-order valence-electron chi connectivity index (χ2n) is 3.41. The van der Waals surface area contributed by atoms with Crippen LogP contribution in [0.4, 0.5) is 5.69 Å². The summed E-state index contributed by atoms with van der Waals surface area (Å²) in [6.45, 7) is 0. The van der Waals surface area contributed by atoms with Gasteiger partial charge in [-0.1, -0.05) is 17.7 Å². The van der Waals surface area contributed by atoms with Gasteiger partial charge in [-0.25, -0.2) is 0 Å². The number of benzene rings is 1. The second-order valence-corrected chi connectivity index (χ2v) is 4.56. The van der Waals surface area contributed by atoms with Crippen LogP contribution >= 0.6 is 22.9 Å². The highest BCUT2D eigenvalue weighted by Gasteiger charge is 2.30. The maximum absolute atomic E-state index is 12.0. The van der Waals surface area contributed by atoms with Crippen LogP contribution < -0.4 is 5.73 Å². The molecule has 1 heterocycles. The Balaban J connectivity index is 2.42. The molecule has 1 aromatic heterocycles. The highest BCUT2D eigenvalue weighted by Crippen LogP contribution is 2.43. The number of nitrogen functional groups attached to an aromatic ring is 1. The quantitative estimate of drug-likeness (QED) is 0.608. The molecule has 1 aromatic carbocycles. The summed E-state index contributed by atoms with van der Waals surface area (Å²) < 4.78 is 0. The standard InChI is InChI=1S/C11H6ClNOS/c12-8-2-1-5-6-3-15-4-7(6)11(14)9(5)10(8)13/h1-4H,13H2. The summed E-state index contributed by atoms with van der Waals surface area (Å²) in [6, 6.07) is 3.58. The van der Waals surface area contributed by atoms with E-state index in [-0.39, 0.29) is 5.78 Å². The Labute approximate surface area is 95.3 Å². The van der Waals surface area contributed by atoms with Crippen molar-refractivity contribution < 1.29 is 4.79 Å². The van der Waals surface area contributed by atoms with Crippen molar-refractivity contribution in [2.24, 2.45) is 0 Å². The molecule has 0 atom stereocenters. The topological polar surface area (TPSA) is 43.1 Å². The van der Waals surface area contributed by atoms with Gasteiger partial charge in [0, 0.05) is 16.5 Å². The van der Waals surface area contributed by atoms with Gasteiger partial charge in [0.1, 0.15) is 0 Å². The highest BCUT2D eigenvalue weighted by molar-refractivity contribution is 7.08. The number of rotatable bonds is 0. The van der Waals surface area contributed by atoms with E-state index in [1.165, 1.54) is 11.3 Å². The third-order valence-electron chi connectivity index (χ3n) is 2.62. The van der Waals surface area contributed by atoms with Crippen LogP contribution in [0.15, 0.2) is 22.9 Å². The van der Waals surface area contributed by atoms with Crippen molar-refractivity contribution in [2.45, 2.75) is 0 Å². The Kier molecular flexibility index (Phi) is 1.69. The zero-order valence-electron chi connectivity index (χ0n) is 7.58. The van der Waals surface area contributed by atoms with Crippen LogP contribution in [0.3, 0.4) is 0 Å². The van der Waals surface area contributed by atoms with E-state index in [1.54, 1.807) is 6.07 Å². The molecule has 4 heteroatoms. The van der Waals surface area contributed by atoms with Gasteiger partial charge in [0.15, 0.2) is 5.78 Å². The van der Waals surface area contributed by atoms with Crippen molar-refractivity contribution in [3.05, 3.63) is 39.0 Å². The lowest BCUT2D eigenvalue weighted by atomic mass is 10.1. The third kappa shape index (κ3) is 1.02. The van der Waals surface area contributed by atoms with Crippen molar-refractivity contribution in [3.8, 4) is 11.1 Å². The monoisotopic (exact) mass is 235 g/mol. The molecule has 1 aliphatic rings. The first-order chi connectivity index (χ1) is 7.20. The maximum atomic E-state index is 12.0. The lowest BCUT2D eigenvalue weighted by molar-refractivity contribution is 0.104. The zero-order chi connectivity index (χ0) is 10.6. The van der Waals surface area contributed by atoms with E-state index in [4.69, 9.17) is 17.3 Å². The molecule has 0 saturated carbocycles. The molecule has 0 amide bonds. The molecular weight excluding hydrogens is 230 g/mol. The number of ketones is 1. The van der Waals surface area contributed by atoms with Crippen LogP contribution in [-0.4, -0.2) is 5.78 Å². The number of carbonyl (C=O) groups excluding carboxylic acids is 1. The van der Waals surface area contributed by atoms with Crippen molar-refractivity contribution in [1.29, 1.82) is 0 Å². The first-order valence-corrected chi connectivity index (χ1v) is 5.71. The van der Waals surface area contributed by atoms with E-state index in [2.05, 4.69) is 0 Å². The molecule has 1 aliphatic carbocycles. The smallest absolute Gasteiger partial charge is 0.197 e. The van der Waals surface area contributed by atoms with Crippen molar-refractivity contribution in [1.82, 2.24) is 0 Å². The van der Waals surface area contributed by atoms with Gasteiger partial charge in [0.2, 0.25) is 0 Å². The molecular formula is C11H6ClNOS. The molecule has 0 spiro atoms. The molecule has 2 aromatic rings. The molecule has 2 N–H and O–H groups in total. The number of nitrogens with two attached hydrogens (primary N) is 1. The van der Waals surface area contributed by atoms with Gasteiger partial charge < -0.3 is 5.73 Å². The summed E-state index contributed by atoms with van der Waals surface area (Å²) in [5.74, 6) is -0.0127. The summed E-state index contributed by atoms with van der Waals surface area (Å²) in [5, 5.41) is 4.26. The fourth-order valence-corrected chi connectivity index (χ4v) is 2.86. The molecule has 0 saturated heterocycles. The average Bonchev–Trinajstić information content (AvgIpc) is 2.76. The van der Waals surface area contributed by atoms with Crippen LogP contribution in [0, 0.1) is 0 Å². The Bertz CT molecular complexity index is 588. The predicted octanol–water partition coefficient (Wildman–Crippen LogP) is 3.20. The minimum atomic E-state index is -0.0127.